The third-order valence-electron chi connectivity index (χ3n) is 3.80. The van der Waals surface area contributed by atoms with Gasteiger partial charge in [-0.25, -0.2) is 9.97 Å². The lowest BCUT2D eigenvalue weighted by atomic mass is 10.0. The molecular weight excluding hydrogens is 332 g/mol. The number of nitrogens with zero attached hydrogens (tertiary/aromatic N) is 4. The van der Waals surface area contributed by atoms with Gasteiger partial charge < -0.3 is 16.8 Å². The second-order valence-corrected chi connectivity index (χ2v) is 5.62. The molecule has 0 saturated carbocycles. The van der Waals surface area contributed by atoms with E-state index < -0.39 is 0 Å². The molecule has 0 spiro atoms. The maximum Gasteiger partial charge on any atom is 0.276 e. The summed E-state index contributed by atoms with van der Waals surface area (Å²) in [7, 11) is 0. The predicted molar refractivity (Wildman–Crippen MR) is 98.1 cm³/mol. The van der Waals surface area contributed by atoms with Crippen molar-refractivity contribution in [2.24, 2.45) is 0 Å². The number of fused-ring (bicyclic) bond motifs is 1. The van der Waals surface area contributed by atoms with Crippen molar-refractivity contribution in [1.82, 2.24) is 25.1 Å². The second kappa shape index (κ2) is 6.13. The summed E-state index contributed by atoms with van der Waals surface area (Å²) in [5.74, 6) is -0.249. The first-order chi connectivity index (χ1) is 12.6. The van der Waals surface area contributed by atoms with E-state index in [4.69, 9.17) is 11.5 Å². The fourth-order valence-corrected chi connectivity index (χ4v) is 2.58. The number of hydrogen-bond donors (Lipinski definition) is 4. The van der Waals surface area contributed by atoms with Gasteiger partial charge in [0.05, 0.1) is 29.3 Å². The number of nitrogens with two attached hydrogens (primary N) is 2. The molecule has 26 heavy (non-hydrogen) atoms. The molecule has 128 valence electrons. The number of amides is 1. The van der Waals surface area contributed by atoms with Crippen molar-refractivity contribution in [1.29, 1.82) is 0 Å². The van der Waals surface area contributed by atoms with E-state index in [1.807, 2.05) is 24.3 Å². The average molecular weight is 346 g/mol. The van der Waals surface area contributed by atoms with Crippen LogP contribution in [0.3, 0.4) is 0 Å². The van der Waals surface area contributed by atoms with Crippen molar-refractivity contribution in [3.8, 4) is 11.1 Å². The van der Waals surface area contributed by atoms with Crippen LogP contribution in [0, 0.1) is 0 Å². The number of nitrogen functional groups attached to an aromatic ring is 2. The standard InChI is InChI=1S/C17H14N8O/c18-11-3-10(5-20-6-11)9-1-2-14-13(4-9)15(25-24-14)16(26)23-12-7-21-17(19)22-8-12/h1-8H,18H2,(H,23,26)(H,24,25)(H2,19,21,22). The molecule has 3 aromatic heterocycles. The van der Waals surface area contributed by atoms with Crippen LogP contribution in [-0.4, -0.2) is 31.1 Å². The Morgan fingerprint density at radius 1 is 1.00 bits per heavy atom. The van der Waals surface area contributed by atoms with Gasteiger partial charge in [-0.15, -0.1) is 0 Å². The smallest absolute Gasteiger partial charge is 0.276 e. The van der Waals surface area contributed by atoms with Gasteiger partial charge in [0.2, 0.25) is 5.95 Å². The molecule has 6 N–H and O–H groups in total. The first kappa shape index (κ1) is 15.5. The predicted octanol–water partition coefficient (Wildman–Crippen LogP) is 1.83. The van der Waals surface area contributed by atoms with Gasteiger partial charge in [-0.2, -0.15) is 5.10 Å². The number of H-pyrrole nitrogens is 1. The number of carbonyl (C=O) groups is 1. The molecule has 0 saturated heterocycles. The Bertz CT molecular complexity index is 1100. The van der Waals surface area contributed by atoms with Crippen LogP contribution in [0.15, 0.2) is 49.1 Å². The minimum atomic E-state index is -0.382. The fourth-order valence-electron chi connectivity index (χ4n) is 2.58. The first-order valence-corrected chi connectivity index (χ1v) is 7.68. The molecule has 0 atom stereocenters. The quantitative estimate of drug-likeness (QED) is 0.442. The number of nitrogens with one attached hydrogen (secondary N) is 2. The Kier molecular flexibility index (Phi) is 3.66. The van der Waals surface area contributed by atoms with E-state index in [0.29, 0.717) is 16.8 Å². The van der Waals surface area contributed by atoms with Crippen LogP contribution in [0.2, 0.25) is 0 Å². The van der Waals surface area contributed by atoms with Crippen molar-refractivity contribution in [3.05, 3.63) is 54.7 Å². The third-order valence-corrected chi connectivity index (χ3v) is 3.80. The summed E-state index contributed by atoms with van der Waals surface area (Å²) in [5.41, 5.74) is 15.0. The molecule has 0 bridgehead atoms. The topological polar surface area (TPSA) is 148 Å². The van der Waals surface area contributed by atoms with E-state index in [2.05, 4.69) is 30.5 Å². The Morgan fingerprint density at radius 3 is 2.58 bits per heavy atom. The zero-order valence-corrected chi connectivity index (χ0v) is 13.5. The molecule has 0 aliphatic heterocycles. The van der Waals surface area contributed by atoms with Gasteiger partial charge in [0, 0.05) is 23.3 Å². The Labute approximate surface area is 147 Å². The highest BCUT2D eigenvalue weighted by molar-refractivity contribution is 6.11. The van der Waals surface area contributed by atoms with Crippen molar-refractivity contribution in [2.75, 3.05) is 16.8 Å². The number of aromatic amines is 1. The first-order valence-electron chi connectivity index (χ1n) is 7.68. The lowest BCUT2D eigenvalue weighted by molar-refractivity contribution is 0.102. The summed E-state index contributed by atoms with van der Waals surface area (Å²) in [6, 6.07) is 7.44. The monoisotopic (exact) mass is 346 g/mol. The summed E-state index contributed by atoms with van der Waals surface area (Å²) in [4.78, 5) is 24.3. The van der Waals surface area contributed by atoms with Crippen LogP contribution in [0.5, 0.6) is 0 Å². The highest BCUT2D eigenvalue weighted by Crippen LogP contribution is 2.26. The molecule has 9 heteroatoms. The maximum atomic E-state index is 12.6. The maximum absolute atomic E-state index is 12.6. The van der Waals surface area contributed by atoms with E-state index in [0.717, 1.165) is 16.6 Å². The number of hydrogen-bond acceptors (Lipinski definition) is 7. The van der Waals surface area contributed by atoms with Crippen LogP contribution in [0.25, 0.3) is 22.0 Å². The number of benzene rings is 1. The Morgan fingerprint density at radius 2 is 1.81 bits per heavy atom. The van der Waals surface area contributed by atoms with E-state index in [1.165, 1.54) is 12.4 Å². The van der Waals surface area contributed by atoms with Crippen molar-refractivity contribution < 1.29 is 4.79 Å². The van der Waals surface area contributed by atoms with Gasteiger partial charge in [-0.1, -0.05) is 6.07 Å². The summed E-state index contributed by atoms with van der Waals surface area (Å²) >= 11 is 0. The minimum Gasteiger partial charge on any atom is -0.397 e. The summed E-state index contributed by atoms with van der Waals surface area (Å²) in [6.45, 7) is 0. The van der Waals surface area contributed by atoms with E-state index in [9.17, 15) is 4.79 Å². The minimum absolute atomic E-state index is 0.133. The molecule has 0 aliphatic rings. The molecule has 9 nitrogen and oxygen atoms in total. The van der Waals surface area contributed by atoms with Crippen LogP contribution < -0.4 is 16.8 Å². The summed E-state index contributed by atoms with van der Waals surface area (Å²) in [5, 5.41) is 10.3. The van der Waals surface area contributed by atoms with E-state index in [1.54, 1.807) is 12.4 Å². The molecule has 0 unspecified atom stereocenters. The molecule has 0 aliphatic carbocycles. The highest BCUT2D eigenvalue weighted by Gasteiger charge is 2.15. The Hall–Kier alpha value is -4.01. The lowest BCUT2D eigenvalue weighted by Crippen LogP contribution is -2.13. The van der Waals surface area contributed by atoms with Gasteiger partial charge in [0.15, 0.2) is 5.69 Å². The SMILES string of the molecule is Nc1cncc(-c2ccc3[nH]nc(C(=O)Nc4cnc(N)nc4)c3c2)c1. The molecule has 0 fully saturated rings. The van der Waals surface area contributed by atoms with Crippen LogP contribution in [0.1, 0.15) is 10.5 Å². The molecule has 0 radical (unpaired) electrons. The number of pyridine rings is 1. The van der Waals surface area contributed by atoms with E-state index >= 15 is 0 Å². The van der Waals surface area contributed by atoms with Gasteiger partial charge >= 0.3 is 0 Å². The number of carbonyl (C=O) groups excluding carboxylic acids is 1. The van der Waals surface area contributed by atoms with E-state index in [-0.39, 0.29) is 17.5 Å². The fraction of sp³-hybridized carbons (Fsp3) is 0. The average Bonchev–Trinajstić information content (AvgIpc) is 3.07. The van der Waals surface area contributed by atoms with Crippen molar-refractivity contribution in [2.45, 2.75) is 0 Å². The summed E-state index contributed by atoms with van der Waals surface area (Å²) < 4.78 is 0. The summed E-state index contributed by atoms with van der Waals surface area (Å²) in [6.07, 6.45) is 6.15. The van der Waals surface area contributed by atoms with Gasteiger partial charge in [-0.3, -0.25) is 14.9 Å². The van der Waals surface area contributed by atoms with Gasteiger partial charge in [-0.05, 0) is 23.8 Å². The molecule has 3 heterocycles. The normalized spacial score (nSPS) is 10.8. The molecule has 4 aromatic rings. The second-order valence-electron chi connectivity index (χ2n) is 5.62. The number of aromatic nitrogens is 5. The largest absolute Gasteiger partial charge is 0.397 e. The Balaban J connectivity index is 1.70. The zero-order chi connectivity index (χ0) is 18.1. The number of rotatable bonds is 3. The highest BCUT2D eigenvalue weighted by atomic mass is 16.1. The van der Waals surface area contributed by atoms with Crippen LogP contribution >= 0.6 is 0 Å². The molecule has 4 rings (SSSR count). The zero-order valence-electron chi connectivity index (χ0n) is 13.5. The van der Waals surface area contributed by atoms with Gasteiger partial charge in [0.1, 0.15) is 0 Å². The number of anilines is 3. The van der Waals surface area contributed by atoms with Crippen LogP contribution in [-0.2, 0) is 0 Å². The van der Waals surface area contributed by atoms with Crippen molar-refractivity contribution >= 4 is 34.1 Å². The van der Waals surface area contributed by atoms with Gasteiger partial charge in [0.25, 0.3) is 5.91 Å². The molecule has 1 amide bonds. The molecular formula is C17H14N8O. The molecule has 1 aromatic carbocycles. The third kappa shape index (κ3) is 2.88. The van der Waals surface area contributed by atoms with Crippen molar-refractivity contribution in [3.63, 3.8) is 0 Å². The lowest BCUT2D eigenvalue weighted by Gasteiger charge is -2.04. The van der Waals surface area contributed by atoms with Crippen LogP contribution in [0.4, 0.5) is 17.3 Å².